The number of carbonyl (C=O) groups is 1. The number of nitrogens with zero attached hydrogens (tertiary/aromatic N) is 5. The van der Waals surface area contributed by atoms with Crippen molar-refractivity contribution in [2.45, 2.75) is 46.1 Å². The van der Waals surface area contributed by atoms with Crippen LogP contribution in [0.25, 0.3) is 5.69 Å². The topological polar surface area (TPSA) is 77.6 Å². The van der Waals surface area contributed by atoms with Crippen LogP contribution in [0.15, 0.2) is 43.0 Å². The van der Waals surface area contributed by atoms with Gasteiger partial charge in [-0.25, -0.2) is 14.6 Å². The number of amides is 1. The minimum absolute atomic E-state index is 0.209. The lowest BCUT2D eigenvalue weighted by molar-refractivity contribution is 0.0942. The number of imidazole rings is 1. The van der Waals surface area contributed by atoms with Crippen LogP contribution in [0, 0.1) is 6.92 Å². The summed E-state index contributed by atoms with van der Waals surface area (Å²) in [6.07, 6.45) is 7.36. The van der Waals surface area contributed by atoms with Crippen molar-refractivity contribution in [3.05, 3.63) is 60.2 Å². The maximum Gasteiger partial charge on any atom is 0.290 e. The summed E-state index contributed by atoms with van der Waals surface area (Å²) < 4.78 is 3.78. The average Bonchev–Trinajstić information content (AvgIpc) is 3.31. The van der Waals surface area contributed by atoms with E-state index in [0.29, 0.717) is 18.3 Å². The molecular weight excluding hydrogens is 340 g/mol. The van der Waals surface area contributed by atoms with Crippen LogP contribution >= 0.6 is 0 Å². The van der Waals surface area contributed by atoms with Crippen molar-refractivity contribution in [1.82, 2.24) is 29.6 Å². The highest BCUT2D eigenvalue weighted by molar-refractivity contribution is 5.90. The number of hydrogen-bond acceptors (Lipinski definition) is 4. The normalized spacial score (nSPS) is 11.1. The van der Waals surface area contributed by atoms with Gasteiger partial charge < -0.3 is 9.88 Å². The second-order valence-electron chi connectivity index (χ2n) is 6.87. The molecule has 0 atom stereocenters. The number of benzene rings is 1. The van der Waals surface area contributed by atoms with Crippen molar-refractivity contribution in [1.29, 1.82) is 0 Å². The van der Waals surface area contributed by atoms with Gasteiger partial charge in [-0.05, 0) is 37.3 Å². The van der Waals surface area contributed by atoms with Gasteiger partial charge in [0, 0.05) is 25.5 Å². The quantitative estimate of drug-likeness (QED) is 0.622. The van der Waals surface area contributed by atoms with Gasteiger partial charge in [-0.3, -0.25) is 4.79 Å². The third kappa shape index (κ3) is 4.61. The number of hydrogen-bond donors (Lipinski definition) is 1. The van der Waals surface area contributed by atoms with E-state index in [4.69, 9.17) is 0 Å². The van der Waals surface area contributed by atoms with Gasteiger partial charge in [0.15, 0.2) is 0 Å². The summed E-state index contributed by atoms with van der Waals surface area (Å²) in [6, 6.07) is 8.08. The van der Waals surface area contributed by atoms with Gasteiger partial charge in [-0.1, -0.05) is 32.0 Å². The van der Waals surface area contributed by atoms with Crippen LogP contribution < -0.4 is 5.32 Å². The Morgan fingerprint density at radius 2 is 2.04 bits per heavy atom. The molecule has 0 fully saturated rings. The summed E-state index contributed by atoms with van der Waals surface area (Å²) in [5.74, 6) is 1.04. The first-order valence-electron chi connectivity index (χ1n) is 9.33. The van der Waals surface area contributed by atoms with E-state index < -0.39 is 0 Å². The lowest BCUT2D eigenvalue weighted by atomic mass is 10.0. The van der Waals surface area contributed by atoms with E-state index in [-0.39, 0.29) is 11.7 Å². The van der Waals surface area contributed by atoms with E-state index in [2.05, 4.69) is 40.3 Å². The number of para-hydroxylation sites is 1. The summed E-state index contributed by atoms with van der Waals surface area (Å²) in [5, 5.41) is 7.35. The summed E-state index contributed by atoms with van der Waals surface area (Å²) >= 11 is 0. The van der Waals surface area contributed by atoms with E-state index in [1.807, 2.05) is 35.9 Å². The Kier molecular flexibility index (Phi) is 6.01. The third-order valence-electron chi connectivity index (χ3n) is 4.45. The maximum absolute atomic E-state index is 12.4. The molecular formula is C20H26N6O. The van der Waals surface area contributed by atoms with Crippen molar-refractivity contribution in [3.8, 4) is 5.69 Å². The molecule has 0 spiro atoms. The van der Waals surface area contributed by atoms with Crippen molar-refractivity contribution in [2.75, 3.05) is 6.54 Å². The Hall–Kier alpha value is -2.96. The Balaban J connectivity index is 1.60. The minimum Gasteiger partial charge on any atom is -0.349 e. The van der Waals surface area contributed by atoms with Gasteiger partial charge in [-0.15, -0.1) is 5.10 Å². The van der Waals surface area contributed by atoms with Crippen LogP contribution in [0.3, 0.4) is 0 Å². The van der Waals surface area contributed by atoms with Crippen molar-refractivity contribution >= 4 is 5.91 Å². The molecule has 0 saturated carbocycles. The molecule has 0 aliphatic heterocycles. The van der Waals surface area contributed by atoms with Gasteiger partial charge in [0.2, 0.25) is 5.82 Å². The predicted molar refractivity (Wildman–Crippen MR) is 104 cm³/mol. The maximum atomic E-state index is 12.4. The molecule has 3 rings (SSSR count). The van der Waals surface area contributed by atoms with E-state index >= 15 is 0 Å². The van der Waals surface area contributed by atoms with Crippen LogP contribution in [0.5, 0.6) is 0 Å². The fourth-order valence-electron chi connectivity index (χ4n) is 3.00. The number of nitrogens with one attached hydrogen (secondary N) is 1. The smallest absolute Gasteiger partial charge is 0.290 e. The van der Waals surface area contributed by atoms with Crippen LogP contribution in [-0.2, 0) is 6.54 Å². The molecule has 0 aliphatic carbocycles. The van der Waals surface area contributed by atoms with Crippen molar-refractivity contribution in [2.24, 2.45) is 0 Å². The molecule has 1 aromatic carbocycles. The second-order valence-corrected chi connectivity index (χ2v) is 6.87. The average molecular weight is 366 g/mol. The zero-order valence-electron chi connectivity index (χ0n) is 16.1. The second kappa shape index (κ2) is 8.62. The first kappa shape index (κ1) is 18.8. The van der Waals surface area contributed by atoms with Gasteiger partial charge in [0.1, 0.15) is 5.82 Å². The molecule has 1 amide bonds. The van der Waals surface area contributed by atoms with Gasteiger partial charge >= 0.3 is 0 Å². The molecule has 27 heavy (non-hydrogen) atoms. The number of carbonyl (C=O) groups excluding carboxylic acids is 1. The van der Waals surface area contributed by atoms with E-state index in [9.17, 15) is 4.79 Å². The van der Waals surface area contributed by atoms with Crippen LogP contribution in [0.2, 0.25) is 0 Å². The molecule has 0 unspecified atom stereocenters. The Bertz CT molecular complexity index is 882. The first-order valence-corrected chi connectivity index (χ1v) is 9.33. The van der Waals surface area contributed by atoms with Gasteiger partial charge in [0.25, 0.3) is 5.91 Å². The number of unbranched alkanes of at least 4 members (excludes halogenated alkanes) is 1. The van der Waals surface area contributed by atoms with E-state index in [1.54, 1.807) is 17.2 Å². The van der Waals surface area contributed by atoms with Gasteiger partial charge in [0.05, 0.1) is 12.0 Å². The van der Waals surface area contributed by atoms with Crippen LogP contribution in [-0.4, -0.2) is 36.8 Å². The predicted octanol–water partition coefficient (Wildman–Crippen LogP) is 3.11. The molecule has 2 aromatic heterocycles. The number of aryl methyl sites for hydroxylation is 2. The number of rotatable bonds is 8. The number of aromatic nitrogens is 5. The zero-order chi connectivity index (χ0) is 19.2. The molecule has 7 heteroatoms. The summed E-state index contributed by atoms with van der Waals surface area (Å²) in [6.45, 7) is 7.65. The summed E-state index contributed by atoms with van der Waals surface area (Å²) in [7, 11) is 0. The highest BCUT2D eigenvalue weighted by Gasteiger charge is 2.17. The largest absolute Gasteiger partial charge is 0.349 e. The lowest BCUT2D eigenvalue weighted by Gasteiger charge is -2.12. The lowest BCUT2D eigenvalue weighted by Crippen LogP contribution is -2.26. The SMILES string of the molecule is Cc1nc(C(=O)NCCCCn2ccnc2)nn1-c1ccccc1C(C)C. The molecule has 0 saturated heterocycles. The molecule has 0 aliphatic rings. The highest BCUT2D eigenvalue weighted by Crippen LogP contribution is 2.23. The van der Waals surface area contributed by atoms with E-state index in [1.165, 1.54) is 5.56 Å². The van der Waals surface area contributed by atoms with Gasteiger partial charge in [-0.2, -0.15) is 0 Å². The van der Waals surface area contributed by atoms with E-state index in [0.717, 1.165) is 25.1 Å². The molecule has 3 aromatic rings. The van der Waals surface area contributed by atoms with Crippen LogP contribution in [0.1, 0.15) is 54.6 Å². The minimum atomic E-state index is -0.235. The molecule has 7 nitrogen and oxygen atoms in total. The Labute approximate surface area is 159 Å². The molecule has 1 N–H and O–H groups in total. The Morgan fingerprint density at radius 1 is 1.22 bits per heavy atom. The van der Waals surface area contributed by atoms with Crippen molar-refractivity contribution in [3.63, 3.8) is 0 Å². The third-order valence-corrected chi connectivity index (χ3v) is 4.45. The standard InChI is InChI=1S/C20H26N6O/c1-15(2)17-8-4-5-9-18(17)26-16(3)23-19(24-26)20(27)22-10-6-7-12-25-13-11-21-14-25/h4-5,8-9,11,13-15H,6-7,10,12H2,1-3H3,(H,22,27). The fraction of sp³-hybridized carbons (Fsp3) is 0.400. The molecule has 0 radical (unpaired) electrons. The monoisotopic (exact) mass is 366 g/mol. The first-order chi connectivity index (χ1) is 13.1. The van der Waals surface area contributed by atoms with Crippen LogP contribution in [0.4, 0.5) is 0 Å². The summed E-state index contributed by atoms with van der Waals surface area (Å²) in [5.41, 5.74) is 2.15. The molecule has 2 heterocycles. The highest BCUT2D eigenvalue weighted by atomic mass is 16.2. The molecule has 0 bridgehead atoms. The van der Waals surface area contributed by atoms with Crippen molar-refractivity contribution < 1.29 is 4.79 Å². The summed E-state index contributed by atoms with van der Waals surface area (Å²) in [4.78, 5) is 20.8. The fourth-order valence-corrected chi connectivity index (χ4v) is 3.00. The Morgan fingerprint density at radius 3 is 2.78 bits per heavy atom. The molecule has 142 valence electrons. The zero-order valence-corrected chi connectivity index (χ0v) is 16.1.